The molecular formula is C11H17F3N4S. The third-order valence-electron chi connectivity index (χ3n) is 3.26. The molecule has 0 spiro atoms. The number of nitrogens with zero attached hydrogens (tertiary/aromatic N) is 3. The lowest BCUT2D eigenvalue weighted by atomic mass is 10.1. The summed E-state index contributed by atoms with van der Waals surface area (Å²) in [5.41, 5.74) is 5.29. The molecule has 0 saturated carbocycles. The van der Waals surface area contributed by atoms with Gasteiger partial charge in [0.05, 0.1) is 0 Å². The highest BCUT2D eigenvalue weighted by atomic mass is 32.1. The molecular weight excluding hydrogens is 277 g/mol. The lowest BCUT2D eigenvalue weighted by Gasteiger charge is -2.39. The summed E-state index contributed by atoms with van der Waals surface area (Å²) >= 11 is 1.51. The third kappa shape index (κ3) is 3.58. The molecule has 0 bridgehead atoms. The van der Waals surface area contributed by atoms with Crippen molar-refractivity contribution >= 4 is 16.5 Å². The van der Waals surface area contributed by atoms with Crippen LogP contribution in [0.1, 0.15) is 6.42 Å². The Kier molecular flexibility index (Phi) is 4.64. The van der Waals surface area contributed by atoms with Gasteiger partial charge < -0.3 is 10.6 Å². The van der Waals surface area contributed by atoms with Crippen LogP contribution in [0.15, 0.2) is 11.6 Å². The van der Waals surface area contributed by atoms with Gasteiger partial charge in [0.25, 0.3) is 0 Å². The topological polar surface area (TPSA) is 45.4 Å². The summed E-state index contributed by atoms with van der Waals surface area (Å²) in [6.45, 7) is 1.99. The van der Waals surface area contributed by atoms with Crippen LogP contribution in [0.3, 0.4) is 0 Å². The van der Waals surface area contributed by atoms with Crippen molar-refractivity contribution in [3.8, 4) is 0 Å². The molecule has 0 aromatic carbocycles. The molecule has 0 radical (unpaired) electrons. The summed E-state index contributed by atoms with van der Waals surface area (Å²) in [6, 6.07) is -1.42. The zero-order chi connectivity index (χ0) is 13.9. The molecule has 0 aliphatic carbocycles. The van der Waals surface area contributed by atoms with Gasteiger partial charge in [0.1, 0.15) is 6.04 Å². The Balaban J connectivity index is 1.94. The van der Waals surface area contributed by atoms with Crippen LogP contribution in [-0.2, 0) is 0 Å². The van der Waals surface area contributed by atoms with Crippen LogP contribution < -0.4 is 10.6 Å². The lowest BCUT2D eigenvalue weighted by Crippen LogP contribution is -2.55. The van der Waals surface area contributed by atoms with Crippen molar-refractivity contribution in [3.05, 3.63) is 11.6 Å². The summed E-state index contributed by atoms with van der Waals surface area (Å²) in [7, 11) is 0. The predicted molar refractivity (Wildman–Crippen MR) is 69.4 cm³/mol. The summed E-state index contributed by atoms with van der Waals surface area (Å²) in [5.74, 6) is 0. The third-order valence-corrected chi connectivity index (χ3v) is 4.10. The first kappa shape index (κ1) is 14.5. The first-order chi connectivity index (χ1) is 9.02. The van der Waals surface area contributed by atoms with E-state index in [0.29, 0.717) is 26.2 Å². The van der Waals surface area contributed by atoms with Crippen molar-refractivity contribution in [3.63, 3.8) is 0 Å². The van der Waals surface area contributed by atoms with E-state index in [1.165, 1.54) is 16.2 Å². The first-order valence-electron chi connectivity index (χ1n) is 6.17. The molecule has 2 rings (SSSR count). The van der Waals surface area contributed by atoms with E-state index in [1.54, 1.807) is 6.20 Å². The molecule has 2 heterocycles. The Bertz CT molecular complexity index is 374. The smallest absolute Gasteiger partial charge is 0.346 e. The monoisotopic (exact) mass is 294 g/mol. The van der Waals surface area contributed by atoms with Crippen molar-refractivity contribution in [2.45, 2.75) is 18.6 Å². The molecule has 1 saturated heterocycles. The average molecular weight is 294 g/mol. The Labute approximate surface area is 114 Å². The number of piperazine rings is 1. The van der Waals surface area contributed by atoms with Crippen molar-refractivity contribution < 1.29 is 13.2 Å². The highest BCUT2D eigenvalue weighted by Gasteiger charge is 2.43. The molecule has 1 fully saturated rings. The fraction of sp³-hybridized carbons (Fsp3) is 0.727. The van der Waals surface area contributed by atoms with Crippen LogP contribution in [0.5, 0.6) is 0 Å². The van der Waals surface area contributed by atoms with E-state index in [1.807, 2.05) is 10.3 Å². The first-order valence-corrected chi connectivity index (χ1v) is 7.05. The summed E-state index contributed by atoms with van der Waals surface area (Å²) < 4.78 is 38.8. The molecule has 108 valence electrons. The summed E-state index contributed by atoms with van der Waals surface area (Å²) in [5, 5.41) is 2.75. The molecule has 1 aromatic heterocycles. The van der Waals surface area contributed by atoms with E-state index < -0.39 is 12.2 Å². The minimum atomic E-state index is -4.21. The van der Waals surface area contributed by atoms with Crippen LogP contribution >= 0.6 is 11.3 Å². The minimum absolute atomic E-state index is 0.0409. The number of thiazole rings is 1. The standard InChI is InChI=1S/C11H17F3N4S/c12-11(13,14)9(1-2-15)17-4-6-18(7-5-17)10-16-3-8-19-10/h3,8-9H,1-2,4-7,15H2. The lowest BCUT2D eigenvalue weighted by molar-refractivity contribution is -0.185. The van der Waals surface area contributed by atoms with Crippen LogP contribution in [0, 0.1) is 0 Å². The van der Waals surface area contributed by atoms with Gasteiger partial charge in [-0.05, 0) is 13.0 Å². The van der Waals surface area contributed by atoms with Crippen molar-refractivity contribution in [1.82, 2.24) is 9.88 Å². The van der Waals surface area contributed by atoms with Gasteiger partial charge in [0, 0.05) is 37.8 Å². The van der Waals surface area contributed by atoms with E-state index >= 15 is 0 Å². The van der Waals surface area contributed by atoms with Gasteiger partial charge in [-0.2, -0.15) is 13.2 Å². The normalized spacial score (nSPS) is 19.7. The van der Waals surface area contributed by atoms with Crippen molar-refractivity contribution in [2.75, 3.05) is 37.6 Å². The fourth-order valence-electron chi connectivity index (χ4n) is 2.31. The molecule has 8 heteroatoms. The molecule has 19 heavy (non-hydrogen) atoms. The Morgan fingerprint density at radius 1 is 1.32 bits per heavy atom. The van der Waals surface area contributed by atoms with Crippen molar-refractivity contribution in [2.24, 2.45) is 5.73 Å². The summed E-state index contributed by atoms with van der Waals surface area (Å²) in [6.07, 6.45) is -2.54. The largest absolute Gasteiger partial charge is 0.404 e. The number of nitrogens with two attached hydrogens (primary N) is 1. The molecule has 0 amide bonds. The van der Waals surface area contributed by atoms with Gasteiger partial charge in [-0.3, -0.25) is 4.90 Å². The van der Waals surface area contributed by atoms with Gasteiger partial charge in [-0.25, -0.2) is 4.98 Å². The van der Waals surface area contributed by atoms with Gasteiger partial charge in [0.2, 0.25) is 0 Å². The molecule has 1 aliphatic heterocycles. The van der Waals surface area contributed by atoms with E-state index in [-0.39, 0.29) is 13.0 Å². The average Bonchev–Trinajstić information content (AvgIpc) is 2.89. The number of hydrogen-bond acceptors (Lipinski definition) is 5. The van der Waals surface area contributed by atoms with Crippen LogP contribution in [0.4, 0.5) is 18.3 Å². The quantitative estimate of drug-likeness (QED) is 0.915. The van der Waals surface area contributed by atoms with Gasteiger partial charge in [0.15, 0.2) is 5.13 Å². The highest BCUT2D eigenvalue weighted by molar-refractivity contribution is 7.13. The maximum Gasteiger partial charge on any atom is 0.404 e. The summed E-state index contributed by atoms with van der Waals surface area (Å²) in [4.78, 5) is 7.69. The zero-order valence-corrected chi connectivity index (χ0v) is 11.3. The molecule has 1 unspecified atom stereocenters. The van der Waals surface area contributed by atoms with E-state index in [4.69, 9.17) is 5.73 Å². The minimum Gasteiger partial charge on any atom is -0.346 e. The molecule has 2 N–H and O–H groups in total. The maximum absolute atomic E-state index is 12.9. The number of alkyl halides is 3. The number of halogens is 3. The molecule has 1 aliphatic rings. The SMILES string of the molecule is NCCC(N1CCN(c2nccs2)CC1)C(F)(F)F. The number of anilines is 1. The number of hydrogen-bond donors (Lipinski definition) is 1. The Morgan fingerprint density at radius 3 is 2.47 bits per heavy atom. The van der Waals surface area contributed by atoms with E-state index in [0.717, 1.165) is 5.13 Å². The fourth-order valence-corrected chi connectivity index (χ4v) is 3.00. The van der Waals surface area contributed by atoms with Gasteiger partial charge in [-0.1, -0.05) is 0 Å². The highest BCUT2D eigenvalue weighted by Crippen LogP contribution is 2.28. The van der Waals surface area contributed by atoms with E-state index in [2.05, 4.69) is 4.98 Å². The van der Waals surface area contributed by atoms with Crippen LogP contribution in [0.2, 0.25) is 0 Å². The van der Waals surface area contributed by atoms with Crippen molar-refractivity contribution in [1.29, 1.82) is 0 Å². The number of aromatic nitrogens is 1. The molecule has 1 atom stereocenters. The zero-order valence-electron chi connectivity index (χ0n) is 10.4. The second-order valence-electron chi connectivity index (χ2n) is 4.47. The molecule has 4 nitrogen and oxygen atoms in total. The van der Waals surface area contributed by atoms with Gasteiger partial charge >= 0.3 is 6.18 Å². The van der Waals surface area contributed by atoms with Gasteiger partial charge in [-0.15, -0.1) is 11.3 Å². The maximum atomic E-state index is 12.9. The Morgan fingerprint density at radius 2 is 2.00 bits per heavy atom. The van der Waals surface area contributed by atoms with Crippen LogP contribution in [0.25, 0.3) is 0 Å². The molecule has 1 aromatic rings. The van der Waals surface area contributed by atoms with E-state index in [9.17, 15) is 13.2 Å². The van der Waals surface area contributed by atoms with Crippen LogP contribution in [-0.4, -0.2) is 54.8 Å². The second-order valence-corrected chi connectivity index (χ2v) is 5.35. The predicted octanol–water partition coefficient (Wildman–Crippen LogP) is 1.54. The Hall–Kier alpha value is -0.860. The second kappa shape index (κ2) is 6.06. The number of rotatable bonds is 4.